The number of amides is 3. The molecule has 8 nitrogen and oxygen atoms in total. The Hall–Kier alpha value is -2.64. The number of imide groups is 1. The number of hydrogen-bond donors (Lipinski definition) is 3. The van der Waals surface area contributed by atoms with E-state index in [-0.39, 0.29) is 0 Å². The fourth-order valence-corrected chi connectivity index (χ4v) is 1.27. The number of nitrogens with zero attached hydrogens (tertiary/aromatic N) is 2. The molecule has 0 fully saturated rings. The molecule has 0 aromatic carbocycles. The molecule has 19 heavy (non-hydrogen) atoms. The van der Waals surface area contributed by atoms with E-state index in [1.165, 1.54) is 0 Å². The maximum Gasteiger partial charge on any atom is 0.328 e. The van der Waals surface area contributed by atoms with Gasteiger partial charge in [0.25, 0.3) is 5.91 Å². The summed E-state index contributed by atoms with van der Waals surface area (Å²) in [6.07, 6.45) is 5.37. The van der Waals surface area contributed by atoms with Crippen molar-refractivity contribution in [2.24, 2.45) is 7.05 Å². The van der Waals surface area contributed by atoms with Crippen molar-refractivity contribution in [2.45, 2.75) is 6.42 Å². The molecule has 3 amide bonds. The molecular weight excluding hydrogens is 252 g/mol. The van der Waals surface area contributed by atoms with Gasteiger partial charge in [0.1, 0.15) is 5.82 Å². The van der Waals surface area contributed by atoms with Gasteiger partial charge in [-0.25, -0.2) is 14.6 Å². The lowest BCUT2D eigenvalue weighted by Gasteiger charge is -2.05. The van der Waals surface area contributed by atoms with Crippen LogP contribution in [0.5, 0.6) is 0 Å². The minimum Gasteiger partial charge on any atom is -0.478 e. The summed E-state index contributed by atoms with van der Waals surface area (Å²) in [5.41, 5.74) is 0. The van der Waals surface area contributed by atoms with Gasteiger partial charge in [0.2, 0.25) is 0 Å². The van der Waals surface area contributed by atoms with Crippen LogP contribution in [-0.2, 0) is 23.1 Å². The van der Waals surface area contributed by atoms with Crippen molar-refractivity contribution in [3.05, 3.63) is 30.4 Å². The van der Waals surface area contributed by atoms with E-state index < -0.39 is 17.9 Å². The van der Waals surface area contributed by atoms with Crippen molar-refractivity contribution in [1.29, 1.82) is 0 Å². The number of carbonyl (C=O) groups is 3. The van der Waals surface area contributed by atoms with E-state index in [9.17, 15) is 14.4 Å². The van der Waals surface area contributed by atoms with Crippen LogP contribution in [0.4, 0.5) is 4.79 Å². The molecule has 0 bridgehead atoms. The fourth-order valence-electron chi connectivity index (χ4n) is 1.27. The molecule has 1 rings (SSSR count). The van der Waals surface area contributed by atoms with E-state index in [0.717, 1.165) is 11.9 Å². The molecule has 3 N–H and O–H groups in total. The highest BCUT2D eigenvalue weighted by atomic mass is 16.4. The lowest BCUT2D eigenvalue weighted by atomic mass is 10.4. The zero-order valence-corrected chi connectivity index (χ0v) is 10.3. The van der Waals surface area contributed by atoms with Gasteiger partial charge in [0, 0.05) is 44.6 Å². The van der Waals surface area contributed by atoms with E-state index in [4.69, 9.17) is 5.11 Å². The molecule has 102 valence electrons. The molecule has 8 heteroatoms. The number of carbonyl (C=O) groups excluding carboxylic acids is 2. The van der Waals surface area contributed by atoms with Crippen LogP contribution in [0, 0.1) is 0 Å². The quantitative estimate of drug-likeness (QED) is 0.618. The van der Waals surface area contributed by atoms with E-state index in [1.54, 1.807) is 12.4 Å². The minimum atomic E-state index is -1.26. The van der Waals surface area contributed by atoms with Gasteiger partial charge in [-0.2, -0.15) is 0 Å². The second kappa shape index (κ2) is 6.94. The predicted molar refractivity (Wildman–Crippen MR) is 65.2 cm³/mol. The first-order chi connectivity index (χ1) is 8.99. The first-order valence-electron chi connectivity index (χ1n) is 5.45. The molecular formula is C11H14N4O4. The number of aromatic nitrogens is 2. The maximum atomic E-state index is 11.3. The van der Waals surface area contributed by atoms with Crippen molar-refractivity contribution in [3.63, 3.8) is 0 Å². The number of hydrogen-bond acceptors (Lipinski definition) is 4. The number of aryl methyl sites for hydroxylation is 1. The maximum absolute atomic E-state index is 11.3. The number of imidazole rings is 1. The Morgan fingerprint density at radius 1 is 1.42 bits per heavy atom. The Morgan fingerprint density at radius 2 is 2.16 bits per heavy atom. The summed E-state index contributed by atoms with van der Waals surface area (Å²) in [5, 5.41) is 12.7. The van der Waals surface area contributed by atoms with Crippen LogP contribution in [0.2, 0.25) is 0 Å². The summed E-state index contributed by atoms with van der Waals surface area (Å²) in [5.74, 6) is -1.25. The summed E-state index contributed by atoms with van der Waals surface area (Å²) in [7, 11) is 1.84. The zero-order valence-electron chi connectivity index (χ0n) is 10.3. The van der Waals surface area contributed by atoms with Gasteiger partial charge >= 0.3 is 12.0 Å². The summed E-state index contributed by atoms with van der Waals surface area (Å²) < 4.78 is 1.82. The van der Waals surface area contributed by atoms with Crippen LogP contribution < -0.4 is 10.6 Å². The third kappa shape index (κ3) is 5.48. The van der Waals surface area contributed by atoms with Crippen molar-refractivity contribution >= 4 is 17.9 Å². The van der Waals surface area contributed by atoms with Gasteiger partial charge in [0.05, 0.1) is 0 Å². The van der Waals surface area contributed by atoms with E-state index in [1.807, 2.05) is 16.9 Å². The van der Waals surface area contributed by atoms with E-state index >= 15 is 0 Å². The number of carboxylic acids is 1. The average molecular weight is 266 g/mol. The number of urea groups is 1. The first-order valence-corrected chi connectivity index (χ1v) is 5.45. The van der Waals surface area contributed by atoms with E-state index in [2.05, 4.69) is 10.3 Å². The Bertz CT molecular complexity index is 507. The smallest absolute Gasteiger partial charge is 0.328 e. The van der Waals surface area contributed by atoms with Crippen LogP contribution >= 0.6 is 0 Å². The number of aliphatic carboxylic acids is 1. The molecule has 0 unspecified atom stereocenters. The summed E-state index contributed by atoms with van der Waals surface area (Å²) in [6.45, 7) is 0.312. The zero-order chi connectivity index (χ0) is 14.3. The van der Waals surface area contributed by atoms with Gasteiger partial charge in [-0.3, -0.25) is 10.1 Å². The molecule has 1 heterocycles. The van der Waals surface area contributed by atoms with Crippen LogP contribution in [0.3, 0.4) is 0 Å². The van der Waals surface area contributed by atoms with Crippen LogP contribution in [-0.4, -0.2) is 39.1 Å². The molecule has 0 atom stereocenters. The second-order valence-electron chi connectivity index (χ2n) is 3.62. The van der Waals surface area contributed by atoms with Gasteiger partial charge in [-0.15, -0.1) is 0 Å². The topological polar surface area (TPSA) is 113 Å². The van der Waals surface area contributed by atoms with Crippen molar-refractivity contribution in [2.75, 3.05) is 6.54 Å². The molecule has 0 aliphatic rings. The third-order valence-corrected chi connectivity index (χ3v) is 2.17. The highest BCUT2D eigenvalue weighted by Crippen LogP contribution is 1.93. The SMILES string of the molecule is Cn1ccnc1CCNC(=O)NC(=O)C=CC(=O)O. The number of carboxylic acid groups (broad SMARTS) is 1. The monoisotopic (exact) mass is 266 g/mol. The fraction of sp³-hybridized carbons (Fsp3) is 0.273. The second-order valence-corrected chi connectivity index (χ2v) is 3.62. The first kappa shape index (κ1) is 14.4. The van der Waals surface area contributed by atoms with Crippen molar-refractivity contribution < 1.29 is 19.5 Å². The summed E-state index contributed by atoms with van der Waals surface area (Å²) in [6, 6.07) is -0.686. The summed E-state index contributed by atoms with van der Waals surface area (Å²) in [4.78, 5) is 36.5. The highest BCUT2D eigenvalue weighted by Gasteiger charge is 2.05. The van der Waals surface area contributed by atoms with Gasteiger partial charge in [0.15, 0.2) is 0 Å². The predicted octanol–water partition coefficient (Wildman–Crippen LogP) is -0.571. The van der Waals surface area contributed by atoms with Crippen molar-refractivity contribution in [3.8, 4) is 0 Å². The molecule has 0 saturated heterocycles. The normalized spacial score (nSPS) is 10.4. The molecule has 1 aromatic heterocycles. The Balaban J connectivity index is 2.27. The van der Waals surface area contributed by atoms with Crippen LogP contribution in [0.1, 0.15) is 5.82 Å². The molecule has 0 aliphatic carbocycles. The number of nitrogens with one attached hydrogen (secondary N) is 2. The van der Waals surface area contributed by atoms with Crippen LogP contribution in [0.15, 0.2) is 24.5 Å². The van der Waals surface area contributed by atoms with Crippen LogP contribution in [0.25, 0.3) is 0 Å². The molecule has 0 saturated carbocycles. The van der Waals surface area contributed by atoms with E-state index in [0.29, 0.717) is 19.0 Å². The third-order valence-electron chi connectivity index (χ3n) is 2.17. The Morgan fingerprint density at radius 3 is 2.74 bits per heavy atom. The van der Waals surface area contributed by atoms with Crippen molar-refractivity contribution in [1.82, 2.24) is 20.2 Å². The molecule has 0 radical (unpaired) electrons. The van der Waals surface area contributed by atoms with Gasteiger partial charge < -0.3 is 15.0 Å². The average Bonchev–Trinajstić information content (AvgIpc) is 2.72. The van der Waals surface area contributed by atoms with Gasteiger partial charge in [-0.05, 0) is 0 Å². The Kier molecular flexibility index (Phi) is 5.27. The largest absolute Gasteiger partial charge is 0.478 e. The number of rotatable bonds is 5. The lowest BCUT2D eigenvalue weighted by Crippen LogP contribution is -2.39. The molecule has 0 spiro atoms. The highest BCUT2D eigenvalue weighted by molar-refractivity contribution is 6.02. The Labute approximate surface area is 109 Å². The standard InChI is InChI=1S/C11H14N4O4/c1-15-7-6-12-8(15)4-5-13-11(19)14-9(16)2-3-10(17)18/h2-3,6-7H,4-5H2,1H3,(H,17,18)(H2,13,14,16,19). The molecule has 0 aliphatic heterocycles. The summed E-state index contributed by atoms with van der Waals surface area (Å²) >= 11 is 0. The minimum absolute atomic E-state index is 0.312. The van der Waals surface area contributed by atoms with Gasteiger partial charge in [-0.1, -0.05) is 0 Å². The molecule has 1 aromatic rings. The lowest BCUT2D eigenvalue weighted by molar-refractivity contribution is -0.131.